The van der Waals surface area contributed by atoms with Gasteiger partial charge in [0.05, 0.1) is 0 Å². The number of benzene rings is 1. The van der Waals surface area contributed by atoms with Gasteiger partial charge in [0.15, 0.2) is 0 Å². The van der Waals surface area contributed by atoms with E-state index in [4.69, 9.17) is 0 Å². The fourth-order valence-electron chi connectivity index (χ4n) is 1.36. The Hall–Kier alpha value is -1.14. The topological polar surface area (TPSA) is 25.8 Å². The summed E-state index contributed by atoms with van der Waals surface area (Å²) in [5.41, 5.74) is 1.39. The molecular formula is C12H12AsN2. The summed E-state index contributed by atoms with van der Waals surface area (Å²) in [6.07, 6.45) is 5.36. The Morgan fingerprint density at radius 1 is 1.13 bits per heavy atom. The Labute approximate surface area is 96.5 Å². The predicted molar refractivity (Wildman–Crippen MR) is 62.3 cm³/mol. The van der Waals surface area contributed by atoms with Crippen molar-refractivity contribution in [1.82, 2.24) is 9.97 Å². The molecule has 0 spiro atoms. The molecule has 1 atom stereocenters. The van der Waals surface area contributed by atoms with Crippen LogP contribution in [0.25, 0.3) is 0 Å². The van der Waals surface area contributed by atoms with Crippen molar-refractivity contribution in [3.63, 3.8) is 0 Å². The Balaban J connectivity index is 2.08. The summed E-state index contributed by atoms with van der Waals surface area (Å²) in [5, 5.41) is 0. The van der Waals surface area contributed by atoms with Crippen molar-refractivity contribution in [2.75, 3.05) is 0 Å². The van der Waals surface area contributed by atoms with E-state index in [-0.39, 0.29) is 15.8 Å². The molecule has 2 nitrogen and oxygen atoms in total. The molecule has 0 bridgehead atoms. The Kier molecular flexibility index (Phi) is 3.52. The normalized spacial score (nSPS) is 13.1. The van der Waals surface area contributed by atoms with Crippen LogP contribution < -0.4 is 4.48 Å². The minimum absolute atomic E-state index is 0.0640. The van der Waals surface area contributed by atoms with Crippen LogP contribution in [-0.4, -0.2) is 25.7 Å². The third-order valence-corrected chi connectivity index (χ3v) is 4.64. The first-order valence-electron chi connectivity index (χ1n) is 4.88. The standard InChI is InChI=1S/C12H12AsN2/c1-10(11-5-3-2-4-6-11)13-12-9-14-7-8-15-12/h2-10H,1H3. The molecule has 0 fully saturated rings. The van der Waals surface area contributed by atoms with Crippen molar-refractivity contribution in [3.8, 4) is 0 Å². The van der Waals surface area contributed by atoms with Crippen LogP contribution in [0.2, 0.25) is 0 Å². The summed E-state index contributed by atoms with van der Waals surface area (Å²) in [4.78, 5) is 8.42. The van der Waals surface area contributed by atoms with E-state index in [9.17, 15) is 0 Å². The van der Waals surface area contributed by atoms with Crippen LogP contribution in [0.3, 0.4) is 0 Å². The van der Waals surface area contributed by atoms with Crippen LogP contribution >= 0.6 is 0 Å². The molecule has 0 aliphatic carbocycles. The summed E-state index contributed by atoms with van der Waals surface area (Å²) in [5.74, 6) is 0. The van der Waals surface area contributed by atoms with Gasteiger partial charge in [0.25, 0.3) is 0 Å². The molecule has 0 aliphatic heterocycles. The third-order valence-electron chi connectivity index (χ3n) is 2.16. The average Bonchev–Trinajstić information content (AvgIpc) is 2.31. The van der Waals surface area contributed by atoms with E-state index in [1.54, 1.807) is 12.4 Å². The molecule has 1 heterocycles. The number of hydrogen-bond donors (Lipinski definition) is 0. The van der Waals surface area contributed by atoms with Crippen molar-refractivity contribution >= 4 is 20.2 Å². The average molecular weight is 259 g/mol. The molecule has 0 aliphatic rings. The number of aromatic nitrogens is 2. The van der Waals surface area contributed by atoms with Gasteiger partial charge in [-0.15, -0.1) is 0 Å². The summed E-state index contributed by atoms with van der Waals surface area (Å²) in [7, 11) is 0. The minimum atomic E-state index is 0.0640. The molecule has 1 aromatic heterocycles. The molecule has 3 heteroatoms. The monoisotopic (exact) mass is 259 g/mol. The van der Waals surface area contributed by atoms with Crippen molar-refractivity contribution in [3.05, 3.63) is 54.5 Å². The summed E-state index contributed by atoms with van der Waals surface area (Å²) >= 11 is 0.0640. The molecule has 1 radical (unpaired) electrons. The first-order valence-corrected chi connectivity index (χ1v) is 6.90. The van der Waals surface area contributed by atoms with Gasteiger partial charge in [-0.25, -0.2) is 0 Å². The molecule has 0 amide bonds. The summed E-state index contributed by atoms with van der Waals surface area (Å²) in [6, 6.07) is 10.6. The predicted octanol–water partition coefficient (Wildman–Crippen LogP) is 1.57. The second-order valence-electron chi connectivity index (χ2n) is 3.28. The molecule has 0 saturated carbocycles. The van der Waals surface area contributed by atoms with Crippen LogP contribution in [0.1, 0.15) is 17.2 Å². The zero-order chi connectivity index (χ0) is 10.5. The van der Waals surface area contributed by atoms with Gasteiger partial charge in [-0.3, -0.25) is 0 Å². The van der Waals surface area contributed by atoms with E-state index >= 15 is 0 Å². The quantitative estimate of drug-likeness (QED) is 0.782. The molecule has 2 rings (SSSR count). The molecule has 1 aromatic carbocycles. The van der Waals surface area contributed by atoms with Crippen LogP contribution in [0, 0.1) is 0 Å². The van der Waals surface area contributed by atoms with Crippen LogP contribution in [-0.2, 0) is 0 Å². The maximum atomic E-state index is 4.32. The van der Waals surface area contributed by atoms with E-state index in [0.29, 0.717) is 4.71 Å². The molecular weight excluding hydrogens is 247 g/mol. The first-order chi connectivity index (χ1) is 7.36. The first kappa shape index (κ1) is 10.4. The third kappa shape index (κ3) is 2.90. The van der Waals surface area contributed by atoms with Gasteiger partial charge < -0.3 is 0 Å². The number of nitrogens with zero attached hydrogens (tertiary/aromatic N) is 2. The van der Waals surface area contributed by atoms with Crippen LogP contribution in [0.5, 0.6) is 0 Å². The zero-order valence-corrected chi connectivity index (χ0v) is 10.4. The molecule has 15 heavy (non-hydrogen) atoms. The van der Waals surface area contributed by atoms with Gasteiger partial charge in [0, 0.05) is 0 Å². The van der Waals surface area contributed by atoms with E-state index in [2.05, 4.69) is 47.2 Å². The summed E-state index contributed by atoms with van der Waals surface area (Å²) < 4.78 is 1.73. The molecule has 2 aromatic rings. The Morgan fingerprint density at radius 3 is 2.60 bits per heavy atom. The van der Waals surface area contributed by atoms with E-state index in [1.807, 2.05) is 6.20 Å². The molecule has 75 valence electrons. The van der Waals surface area contributed by atoms with Gasteiger partial charge in [-0.1, -0.05) is 0 Å². The van der Waals surface area contributed by atoms with Crippen molar-refractivity contribution < 1.29 is 0 Å². The van der Waals surface area contributed by atoms with Crippen molar-refractivity contribution in [2.45, 2.75) is 11.6 Å². The number of rotatable bonds is 3. The molecule has 0 N–H and O–H groups in total. The maximum absolute atomic E-state index is 4.32. The van der Waals surface area contributed by atoms with Gasteiger partial charge in [0.1, 0.15) is 0 Å². The van der Waals surface area contributed by atoms with Gasteiger partial charge in [-0.2, -0.15) is 0 Å². The molecule has 0 saturated heterocycles. The van der Waals surface area contributed by atoms with Gasteiger partial charge in [-0.05, 0) is 0 Å². The van der Waals surface area contributed by atoms with Crippen LogP contribution in [0.15, 0.2) is 48.9 Å². The second kappa shape index (κ2) is 5.08. The second-order valence-corrected chi connectivity index (χ2v) is 6.41. The number of hydrogen-bond acceptors (Lipinski definition) is 2. The zero-order valence-electron chi connectivity index (χ0n) is 8.54. The van der Waals surface area contributed by atoms with E-state index in [1.165, 1.54) is 5.56 Å². The SMILES string of the molecule is CC([As]c1cnccn1)c1ccccc1. The fourth-order valence-corrected chi connectivity index (χ4v) is 3.43. The Morgan fingerprint density at radius 2 is 1.93 bits per heavy atom. The summed E-state index contributed by atoms with van der Waals surface area (Å²) in [6.45, 7) is 2.25. The fraction of sp³-hybridized carbons (Fsp3) is 0.167. The van der Waals surface area contributed by atoms with Gasteiger partial charge in [0.2, 0.25) is 0 Å². The van der Waals surface area contributed by atoms with E-state index < -0.39 is 0 Å². The molecule has 1 unspecified atom stereocenters. The van der Waals surface area contributed by atoms with Crippen molar-refractivity contribution in [2.24, 2.45) is 0 Å². The van der Waals surface area contributed by atoms with Gasteiger partial charge >= 0.3 is 96.3 Å². The van der Waals surface area contributed by atoms with E-state index in [0.717, 1.165) is 4.48 Å². The Bertz CT molecular complexity index is 402. The van der Waals surface area contributed by atoms with Crippen molar-refractivity contribution in [1.29, 1.82) is 0 Å². The van der Waals surface area contributed by atoms with Crippen LogP contribution in [0.4, 0.5) is 0 Å².